The molecule has 4 rings (SSSR count). The van der Waals surface area contributed by atoms with Crippen molar-refractivity contribution in [1.82, 2.24) is 14.3 Å². The quantitative estimate of drug-likeness (QED) is 0.380. The van der Waals surface area contributed by atoms with Crippen molar-refractivity contribution in [1.29, 1.82) is 0 Å². The molecule has 2 atom stereocenters. The number of nitrogens with zero attached hydrogens (tertiary/aromatic N) is 1. The van der Waals surface area contributed by atoms with Crippen molar-refractivity contribution in [3.05, 3.63) is 53.3 Å². The van der Waals surface area contributed by atoms with E-state index in [4.69, 9.17) is 21.1 Å². The molecule has 1 spiro atoms. The molecule has 0 bridgehead atoms. The molecule has 2 aliphatic heterocycles. The number of ether oxygens (including phenoxy) is 2. The molecule has 10 nitrogen and oxygen atoms in total. The summed E-state index contributed by atoms with van der Waals surface area (Å²) >= 11 is 5.99. The minimum Gasteiger partial charge on any atom is -0.491 e. The zero-order valence-corrected chi connectivity index (χ0v) is 23.2. The lowest BCUT2D eigenvalue weighted by atomic mass is 9.88. The summed E-state index contributed by atoms with van der Waals surface area (Å²) in [5.41, 5.74) is -0.461. The van der Waals surface area contributed by atoms with Gasteiger partial charge in [0.15, 0.2) is 0 Å². The van der Waals surface area contributed by atoms with Crippen LogP contribution in [0.1, 0.15) is 19.3 Å². The first-order valence-corrected chi connectivity index (χ1v) is 15.4. The summed E-state index contributed by atoms with van der Waals surface area (Å²) in [5.74, 6) is -0.275. The van der Waals surface area contributed by atoms with E-state index in [1.807, 2.05) is 0 Å². The van der Waals surface area contributed by atoms with Crippen LogP contribution in [-0.4, -0.2) is 83.9 Å². The molecule has 0 amide bonds. The molecule has 0 aromatic heterocycles. The Morgan fingerprint density at radius 1 is 1.21 bits per heavy atom. The summed E-state index contributed by atoms with van der Waals surface area (Å²) in [7, 11) is -6.13. The topological polar surface area (TPSA) is 134 Å². The molecule has 2 aromatic carbocycles. The Labute approximate surface area is 227 Å². The lowest BCUT2D eigenvalue weighted by Gasteiger charge is -2.38. The van der Waals surface area contributed by atoms with Gasteiger partial charge in [0.05, 0.1) is 22.1 Å². The van der Waals surface area contributed by atoms with E-state index in [1.54, 1.807) is 12.1 Å². The molecular weight excluding hydrogens is 561 g/mol. The Hall–Kier alpha value is -1.84. The fourth-order valence-electron chi connectivity index (χ4n) is 4.68. The Bertz CT molecular complexity index is 1350. The fourth-order valence-corrected chi connectivity index (χ4v) is 7.40. The molecule has 2 saturated heterocycles. The van der Waals surface area contributed by atoms with Crippen molar-refractivity contribution in [2.75, 3.05) is 39.9 Å². The van der Waals surface area contributed by atoms with Gasteiger partial charge in [-0.1, -0.05) is 17.7 Å². The second-order valence-corrected chi connectivity index (χ2v) is 13.6. The molecule has 3 N–H and O–H groups in total. The van der Waals surface area contributed by atoms with Gasteiger partial charge in [0.25, 0.3) is 0 Å². The van der Waals surface area contributed by atoms with Crippen LogP contribution in [0.25, 0.3) is 0 Å². The van der Waals surface area contributed by atoms with E-state index < -0.39 is 37.6 Å². The van der Waals surface area contributed by atoms with Crippen molar-refractivity contribution in [2.24, 2.45) is 0 Å². The average Bonchev–Trinajstić information content (AvgIpc) is 3.28. The first kappa shape index (κ1) is 29.2. The van der Waals surface area contributed by atoms with Crippen molar-refractivity contribution in [2.45, 2.75) is 46.8 Å². The highest BCUT2D eigenvalue weighted by atomic mass is 35.5. The number of aliphatic hydroxyl groups excluding tert-OH is 1. The molecule has 14 heteroatoms. The maximum absolute atomic E-state index is 13.4. The number of piperidine rings is 1. The van der Waals surface area contributed by atoms with Crippen LogP contribution in [0.3, 0.4) is 0 Å². The molecule has 210 valence electrons. The highest BCUT2D eigenvalue weighted by Gasteiger charge is 2.45. The minimum atomic E-state index is -3.85. The first-order chi connectivity index (χ1) is 17.9. The average molecular weight is 592 g/mol. The van der Waals surface area contributed by atoms with Crippen LogP contribution in [0.5, 0.6) is 5.75 Å². The number of hydrogen-bond acceptors (Lipinski definition) is 8. The van der Waals surface area contributed by atoms with Gasteiger partial charge >= 0.3 is 0 Å². The standard InChI is InChI=1S/C24H31ClFN3O7S2/c1-27-37(31,32)21-4-2-3-20(12-21)35-16-19(30)14-28-18-13-24(36-15-18)7-9-29(10-8-24)38(33,34)23-6-5-17(26)11-22(23)25/h2-6,11-12,18-19,27-28,30H,7-10,13-16H2,1H3. The molecule has 2 aliphatic rings. The number of rotatable bonds is 10. The lowest BCUT2D eigenvalue weighted by Crippen LogP contribution is -2.47. The predicted molar refractivity (Wildman–Crippen MR) is 139 cm³/mol. The van der Waals surface area contributed by atoms with Crippen LogP contribution < -0.4 is 14.8 Å². The first-order valence-electron chi connectivity index (χ1n) is 12.1. The van der Waals surface area contributed by atoms with Crippen LogP contribution >= 0.6 is 11.6 Å². The summed E-state index contributed by atoms with van der Waals surface area (Å²) in [6.45, 7) is 1.13. The SMILES string of the molecule is CNS(=O)(=O)c1cccc(OCC(O)CNC2COC3(CCN(S(=O)(=O)c4ccc(F)cc4Cl)CC3)C2)c1. The van der Waals surface area contributed by atoms with E-state index in [9.17, 15) is 26.3 Å². The summed E-state index contributed by atoms with van der Waals surface area (Å²) in [6, 6.07) is 9.22. The minimum absolute atomic E-state index is 0.0246. The highest BCUT2D eigenvalue weighted by Crippen LogP contribution is 2.38. The van der Waals surface area contributed by atoms with E-state index in [1.165, 1.54) is 29.6 Å². The third-order valence-electron chi connectivity index (χ3n) is 6.82. The van der Waals surface area contributed by atoms with Gasteiger partial charge in [-0.2, -0.15) is 4.31 Å². The molecule has 0 aliphatic carbocycles. The van der Waals surface area contributed by atoms with Gasteiger partial charge in [0.2, 0.25) is 20.0 Å². The van der Waals surface area contributed by atoms with Gasteiger partial charge in [-0.25, -0.2) is 25.9 Å². The Morgan fingerprint density at radius 2 is 1.95 bits per heavy atom. The van der Waals surface area contributed by atoms with Gasteiger partial charge in [-0.3, -0.25) is 0 Å². The maximum atomic E-state index is 13.4. The zero-order valence-electron chi connectivity index (χ0n) is 20.8. The van der Waals surface area contributed by atoms with Crippen LogP contribution in [-0.2, 0) is 24.8 Å². The van der Waals surface area contributed by atoms with Crippen LogP contribution in [0, 0.1) is 5.82 Å². The Morgan fingerprint density at radius 3 is 2.63 bits per heavy atom. The highest BCUT2D eigenvalue weighted by molar-refractivity contribution is 7.89. The molecule has 38 heavy (non-hydrogen) atoms. The molecule has 2 aromatic rings. The van der Waals surface area contributed by atoms with Crippen LogP contribution in [0.4, 0.5) is 4.39 Å². The number of benzene rings is 2. The number of halogens is 2. The van der Waals surface area contributed by atoms with E-state index >= 15 is 0 Å². The van der Waals surface area contributed by atoms with Crippen LogP contribution in [0.2, 0.25) is 5.02 Å². The van der Waals surface area contributed by atoms with Gasteiger partial charge in [0, 0.05) is 31.7 Å². The molecule has 2 fully saturated rings. The Balaban J connectivity index is 1.24. The van der Waals surface area contributed by atoms with Gasteiger partial charge in [-0.05, 0) is 56.6 Å². The van der Waals surface area contributed by atoms with Gasteiger partial charge < -0.3 is 19.9 Å². The number of hydrogen-bond donors (Lipinski definition) is 3. The smallest absolute Gasteiger partial charge is 0.244 e. The van der Waals surface area contributed by atoms with Gasteiger partial charge in [0.1, 0.15) is 29.2 Å². The lowest BCUT2D eigenvalue weighted by molar-refractivity contribution is -0.0312. The van der Waals surface area contributed by atoms with Gasteiger partial charge in [-0.15, -0.1) is 0 Å². The van der Waals surface area contributed by atoms with Crippen molar-refractivity contribution < 1.29 is 35.8 Å². The summed E-state index contributed by atoms with van der Waals surface area (Å²) in [4.78, 5) is -0.0480. The predicted octanol–water partition coefficient (Wildman–Crippen LogP) is 1.73. The Kier molecular flexibility index (Phi) is 8.99. The monoisotopic (exact) mass is 591 g/mol. The third-order valence-corrected chi connectivity index (χ3v) is 10.6. The number of nitrogens with one attached hydrogen (secondary N) is 2. The summed E-state index contributed by atoms with van der Waals surface area (Å²) in [6.07, 6.45) is 0.820. The van der Waals surface area contributed by atoms with E-state index in [0.717, 1.165) is 12.1 Å². The van der Waals surface area contributed by atoms with Crippen molar-refractivity contribution >= 4 is 31.6 Å². The largest absolute Gasteiger partial charge is 0.491 e. The fraction of sp³-hybridized carbons (Fsp3) is 0.500. The molecular formula is C24H31ClFN3O7S2. The summed E-state index contributed by atoms with van der Waals surface area (Å²) in [5, 5.41) is 13.5. The molecule has 0 radical (unpaired) electrons. The normalized spacial score (nSPS) is 21.0. The zero-order chi connectivity index (χ0) is 27.6. The maximum Gasteiger partial charge on any atom is 0.244 e. The number of sulfonamides is 2. The molecule has 0 saturated carbocycles. The molecule has 2 heterocycles. The third kappa shape index (κ3) is 6.65. The molecule has 2 unspecified atom stereocenters. The van der Waals surface area contributed by atoms with Crippen molar-refractivity contribution in [3.63, 3.8) is 0 Å². The van der Waals surface area contributed by atoms with Crippen LogP contribution in [0.15, 0.2) is 52.3 Å². The second kappa shape index (κ2) is 11.7. The second-order valence-electron chi connectivity index (χ2n) is 9.43. The van der Waals surface area contributed by atoms with E-state index in [0.29, 0.717) is 31.6 Å². The number of aliphatic hydroxyl groups is 1. The van der Waals surface area contributed by atoms with E-state index in [2.05, 4.69) is 10.0 Å². The summed E-state index contributed by atoms with van der Waals surface area (Å²) < 4.78 is 78.5. The van der Waals surface area contributed by atoms with E-state index in [-0.39, 0.29) is 47.1 Å². The van der Waals surface area contributed by atoms with Crippen molar-refractivity contribution in [3.8, 4) is 5.75 Å².